The zero-order valence-corrected chi connectivity index (χ0v) is 18.8. The smallest absolute Gasteiger partial charge is 0.325 e. The molecule has 1 saturated carbocycles. The third-order valence-electron chi connectivity index (χ3n) is 4.91. The summed E-state index contributed by atoms with van der Waals surface area (Å²) >= 11 is 10.4. The van der Waals surface area contributed by atoms with E-state index in [9.17, 15) is 18.3 Å². The van der Waals surface area contributed by atoms with Gasteiger partial charge in [0.05, 0.1) is 0 Å². The molecule has 4 rings (SSSR count). The van der Waals surface area contributed by atoms with Crippen molar-refractivity contribution in [1.82, 2.24) is 4.72 Å². The highest BCUT2D eigenvalue weighted by Crippen LogP contribution is 2.54. The van der Waals surface area contributed by atoms with E-state index in [0.29, 0.717) is 5.02 Å². The maximum Gasteiger partial charge on any atom is 0.325 e. The van der Waals surface area contributed by atoms with E-state index in [4.69, 9.17) is 11.6 Å². The van der Waals surface area contributed by atoms with Gasteiger partial charge in [0.15, 0.2) is 0 Å². The molecule has 0 unspecified atom stereocenters. The van der Waals surface area contributed by atoms with Crippen molar-refractivity contribution in [3.63, 3.8) is 0 Å². The number of rotatable bonds is 6. The van der Waals surface area contributed by atoms with Gasteiger partial charge in [0.1, 0.15) is 9.75 Å². The summed E-state index contributed by atoms with van der Waals surface area (Å²) in [6.45, 7) is 0. The summed E-state index contributed by atoms with van der Waals surface area (Å²) in [6, 6.07) is 17.5. The first kappa shape index (κ1) is 20.6. The largest absolute Gasteiger partial charge is 0.480 e. The minimum absolute atomic E-state index is 0.0702. The summed E-state index contributed by atoms with van der Waals surface area (Å²) in [5, 5.41) is 10.4. The number of carbonyl (C=O) groups is 1. The van der Waals surface area contributed by atoms with Crippen molar-refractivity contribution in [2.75, 3.05) is 0 Å². The predicted octanol–water partition coefficient (Wildman–Crippen LogP) is 5.12. The first-order valence-corrected chi connectivity index (χ1v) is 12.1. The standard InChI is InChI=1S/C20H15BrClNO4S2/c21-16-4-2-1-3-14(16)15-11-20(15,19(24)25)23-29(26,27)18-10-9-17(28-18)12-5-7-13(22)8-6-12/h1-10,15,23H,11H2,(H,24,25)/t15-,20+/m1/s1. The Hall–Kier alpha value is -1.71. The van der Waals surface area contributed by atoms with Gasteiger partial charge in [-0.15, -0.1) is 11.3 Å². The highest BCUT2D eigenvalue weighted by Gasteiger charge is 2.63. The molecule has 0 aliphatic heterocycles. The molecule has 150 valence electrons. The molecule has 2 N–H and O–H groups in total. The molecule has 1 aromatic heterocycles. The fourth-order valence-corrected chi connectivity index (χ4v) is 6.72. The van der Waals surface area contributed by atoms with Crippen molar-refractivity contribution < 1.29 is 18.3 Å². The number of nitrogens with one attached hydrogen (secondary N) is 1. The monoisotopic (exact) mass is 511 g/mol. The van der Waals surface area contributed by atoms with Crippen LogP contribution in [0, 0.1) is 0 Å². The first-order valence-electron chi connectivity index (χ1n) is 8.60. The van der Waals surface area contributed by atoms with Crippen LogP contribution in [0.1, 0.15) is 17.9 Å². The average Bonchev–Trinajstić information content (AvgIpc) is 3.16. The molecular weight excluding hydrogens is 498 g/mol. The normalized spacial score (nSPS) is 21.1. The lowest BCUT2D eigenvalue weighted by Crippen LogP contribution is -2.44. The maximum absolute atomic E-state index is 13.0. The molecule has 1 heterocycles. The van der Waals surface area contributed by atoms with Crippen molar-refractivity contribution in [2.24, 2.45) is 0 Å². The van der Waals surface area contributed by atoms with Crippen LogP contribution >= 0.6 is 38.9 Å². The van der Waals surface area contributed by atoms with Crippen molar-refractivity contribution in [2.45, 2.75) is 22.1 Å². The summed E-state index contributed by atoms with van der Waals surface area (Å²) in [4.78, 5) is 12.7. The Morgan fingerprint density at radius 3 is 2.48 bits per heavy atom. The lowest BCUT2D eigenvalue weighted by Gasteiger charge is -2.15. The topological polar surface area (TPSA) is 83.5 Å². The van der Waals surface area contributed by atoms with Gasteiger partial charge >= 0.3 is 5.97 Å². The number of thiophene rings is 1. The Morgan fingerprint density at radius 2 is 1.83 bits per heavy atom. The van der Waals surface area contributed by atoms with Crippen LogP contribution in [0.4, 0.5) is 0 Å². The van der Waals surface area contributed by atoms with Crippen LogP contribution < -0.4 is 4.72 Å². The van der Waals surface area contributed by atoms with E-state index in [1.165, 1.54) is 6.07 Å². The fraction of sp³-hybridized carbons (Fsp3) is 0.150. The van der Waals surface area contributed by atoms with Crippen molar-refractivity contribution in [3.05, 3.63) is 75.7 Å². The molecule has 0 radical (unpaired) electrons. The van der Waals surface area contributed by atoms with Gasteiger partial charge in [-0.05, 0) is 47.9 Å². The molecule has 29 heavy (non-hydrogen) atoms. The lowest BCUT2D eigenvalue weighted by molar-refractivity contribution is -0.140. The van der Waals surface area contributed by atoms with Crippen molar-refractivity contribution in [3.8, 4) is 10.4 Å². The molecule has 0 amide bonds. The van der Waals surface area contributed by atoms with Gasteiger partial charge in [-0.2, -0.15) is 4.72 Å². The Balaban J connectivity index is 1.62. The fourth-order valence-electron chi connectivity index (χ4n) is 3.31. The molecule has 5 nitrogen and oxygen atoms in total. The SMILES string of the molecule is O=C(O)[C@]1(NS(=O)(=O)c2ccc(-c3ccc(Cl)cc3)s2)C[C@@H]1c1ccccc1Br. The van der Waals surface area contributed by atoms with E-state index < -0.39 is 27.4 Å². The quantitative estimate of drug-likeness (QED) is 0.480. The number of hydrogen-bond acceptors (Lipinski definition) is 4. The molecule has 0 spiro atoms. The van der Waals surface area contributed by atoms with E-state index in [0.717, 1.165) is 31.8 Å². The van der Waals surface area contributed by atoms with Crippen molar-refractivity contribution in [1.29, 1.82) is 0 Å². The van der Waals surface area contributed by atoms with Crippen LogP contribution in [-0.2, 0) is 14.8 Å². The number of aliphatic carboxylic acids is 1. The minimum Gasteiger partial charge on any atom is -0.480 e. The van der Waals surface area contributed by atoms with Crippen LogP contribution in [0.25, 0.3) is 10.4 Å². The zero-order valence-electron chi connectivity index (χ0n) is 14.8. The number of sulfonamides is 1. The summed E-state index contributed by atoms with van der Waals surface area (Å²) in [5.74, 6) is -1.63. The number of carboxylic acid groups (broad SMARTS) is 1. The van der Waals surface area contributed by atoms with Crippen LogP contribution in [0.3, 0.4) is 0 Å². The van der Waals surface area contributed by atoms with Gasteiger partial charge in [-0.1, -0.05) is 57.9 Å². The first-order chi connectivity index (χ1) is 13.7. The minimum atomic E-state index is -4.00. The molecule has 9 heteroatoms. The number of benzene rings is 2. The Labute approximate surface area is 185 Å². The third kappa shape index (κ3) is 3.87. The van der Waals surface area contributed by atoms with Crippen molar-refractivity contribution >= 4 is 54.9 Å². The molecular formula is C20H15BrClNO4S2. The Kier molecular flexibility index (Phi) is 5.33. The van der Waals surface area contributed by atoms with E-state index in [2.05, 4.69) is 20.7 Å². The van der Waals surface area contributed by atoms with Crippen LogP contribution in [0.2, 0.25) is 5.02 Å². The Morgan fingerprint density at radius 1 is 1.14 bits per heavy atom. The Bertz CT molecular complexity index is 1190. The lowest BCUT2D eigenvalue weighted by atomic mass is 10.1. The molecule has 1 fully saturated rings. The van der Waals surface area contributed by atoms with E-state index in [1.54, 1.807) is 42.5 Å². The number of halogens is 2. The number of hydrogen-bond donors (Lipinski definition) is 2. The summed E-state index contributed by atoms with van der Waals surface area (Å²) in [5.41, 5.74) is 0.0598. The highest BCUT2D eigenvalue weighted by atomic mass is 79.9. The average molecular weight is 513 g/mol. The van der Waals surface area contributed by atoms with Gasteiger partial charge < -0.3 is 5.11 Å². The molecule has 1 aliphatic rings. The van der Waals surface area contributed by atoms with E-state index in [1.807, 2.05) is 12.1 Å². The van der Waals surface area contributed by atoms with Gasteiger partial charge in [0, 0.05) is 20.3 Å². The van der Waals surface area contributed by atoms with E-state index in [-0.39, 0.29) is 10.6 Å². The second-order valence-corrected chi connectivity index (χ2v) is 11.1. The summed E-state index contributed by atoms with van der Waals surface area (Å²) in [6.07, 6.45) is 0.194. The van der Waals surface area contributed by atoms with Crippen LogP contribution in [0.5, 0.6) is 0 Å². The molecule has 3 aromatic rings. The van der Waals surface area contributed by atoms with Gasteiger partial charge in [-0.25, -0.2) is 8.42 Å². The van der Waals surface area contributed by atoms with Crippen LogP contribution in [-0.4, -0.2) is 25.0 Å². The number of carboxylic acids is 1. The maximum atomic E-state index is 13.0. The summed E-state index contributed by atoms with van der Waals surface area (Å²) in [7, 11) is -4.00. The summed E-state index contributed by atoms with van der Waals surface area (Å²) < 4.78 is 29.2. The highest BCUT2D eigenvalue weighted by molar-refractivity contribution is 9.10. The van der Waals surface area contributed by atoms with E-state index >= 15 is 0 Å². The van der Waals surface area contributed by atoms with Gasteiger partial charge in [0.25, 0.3) is 10.0 Å². The second kappa shape index (κ2) is 7.52. The molecule has 0 bridgehead atoms. The van der Waals surface area contributed by atoms with Gasteiger partial charge in [-0.3, -0.25) is 4.79 Å². The zero-order chi connectivity index (χ0) is 20.8. The van der Waals surface area contributed by atoms with Gasteiger partial charge in [0.2, 0.25) is 0 Å². The van der Waals surface area contributed by atoms with Crippen LogP contribution in [0.15, 0.2) is 69.3 Å². The third-order valence-corrected chi connectivity index (χ3v) is 9.02. The molecule has 2 atom stereocenters. The molecule has 2 aromatic carbocycles. The predicted molar refractivity (Wildman–Crippen MR) is 117 cm³/mol. The molecule has 1 aliphatic carbocycles. The molecule has 0 saturated heterocycles. The second-order valence-electron chi connectivity index (χ2n) is 6.79.